The molecule has 0 bridgehead atoms. The Morgan fingerprint density at radius 1 is 1.46 bits per heavy atom. The predicted octanol–water partition coefficient (Wildman–Crippen LogP) is 3.24. The Bertz CT molecular complexity index is 904. The zero-order valence-electron chi connectivity index (χ0n) is 14.1. The molecule has 0 aliphatic rings. The van der Waals surface area contributed by atoms with Gasteiger partial charge in [0.2, 0.25) is 0 Å². The molecule has 0 saturated heterocycles. The van der Waals surface area contributed by atoms with Gasteiger partial charge in [-0.05, 0) is 35.6 Å². The second kappa shape index (κ2) is 7.99. The van der Waals surface area contributed by atoms with Crippen molar-refractivity contribution in [2.45, 2.75) is 12.5 Å². The van der Waals surface area contributed by atoms with Crippen LogP contribution in [0, 0.1) is 5.82 Å². The molecule has 5 nitrogen and oxygen atoms in total. The quantitative estimate of drug-likeness (QED) is 0.676. The molecule has 0 aliphatic carbocycles. The summed E-state index contributed by atoms with van der Waals surface area (Å²) in [5.74, 6) is -0.546. The molecule has 2 heterocycles. The van der Waals surface area contributed by atoms with Crippen molar-refractivity contribution in [2.24, 2.45) is 12.8 Å². The highest BCUT2D eigenvalue weighted by Crippen LogP contribution is 2.33. The lowest BCUT2D eigenvalue weighted by molar-refractivity contribution is 0.0942. The van der Waals surface area contributed by atoms with Crippen LogP contribution >= 0.6 is 22.9 Å². The lowest BCUT2D eigenvalue weighted by atomic mass is 10.1. The summed E-state index contributed by atoms with van der Waals surface area (Å²) in [6, 6.07) is 7.81. The molecule has 0 radical (unpaired) electrons. The number of hydrogen-bond acceptors (Lipinski definition) is 4. The van der Waals surface area contributed by atoms with Gasteiger partial charge in [0.25, 0.3) is 5.91 Å². The average Bonchev–Trinajstić information content (AvgIpc) is 3.20. The number of nitrogens with two attached hydrogens (primary N) is 1. The van der Waals surface area contributed by atoms with E-state index in [2.05, 4.69) is 10.4 Å². The number of rotatable bonds is 6. The molecule has 0 aliphatic heterocycles. The first-order chi connectivity index (χ1) is 12.5. The number of nitrogens with one attached hydrogen (secondary N) is 1. The smallest absolute Gasteiger partial charge is 0.262 e. The molecule has 3 aromatic rings. The van der Waals surface area contributed by atoms with E-state index in [9.17, 15) is 9.18 Å². The lowest BCUT2D eigenvalue weighted by Crippen LogP contribution is -2.41. The van der Waals surface area contributed by atoms with E-state index >= 15 is 0 Å². The zero-order valence-corrected chi connectivity index (χ0v) is 15.6. The summed E-state index contributed by atoms with van der Waals surface area (Å²) in [6.45, 7) is 0.245. The fourth-order valence-corrected chi connectivity index (χ4v) is 3.84. The van der Waals surface area contributed by atoms with E-state index in [0.717, 1.165) is 11.1 Å². The first kappa shape index (κ1) is 18.6. The highest BCUT2D eigenvalue weighted by atomic mass is 35.5. The van der Waals surface area contributed by atoms with Crippen molar-refractivity contribution in [2.75, 3.05) is 6.54 Å². The maximum Gasteiger partial charge on any atom is 0.262 e. The summed E-state index contributed by atoms with van der Waals surface area (Å²) in [5, 5.41) is 9.36. The Morgan fingerprint density at radius 3 is 2.92 bits per heavy atom. The summed E-state index contributed by atoms with van der Waals surface area (Å²) < 4.78 is 15.0. The number of thiophene rings is 1. The molecule has 0 fully saturated rings. The molecule has 136 valence electrons. The number of carbonyl (C=O) groups excluding carboxylic acids is 1. The number of aromatic nitrogens is 2. The minimum absolute atomic E-state index is 0.237. The van der Waals surface area contributed by atoms with Gasteiger partial charge in [-0.1, -0.05) is 23.7 Å². The maximum absolute atomic E-state index is 13.4. The van der Waals surface area contributed by atoms with Crippen LogP contribution in [-0.2, 0) is 13.5 Å². The minimum atomic E-state index is -0.309. The first-order valence-electron chi connectivity index (χ1n) is 8.00. The highest BCUT2D eigenvalue weighted by molar-refractivity contribution is 7.12. The van der Waals surface area contributed by atoms with Crippen molar-refractivity contribution < 1.29 is 9.18 Å². The summed E-state index contributed by atoms with van der Waals surface area (Å²) in [4.78, 5) is 13.3. The molecule has 0 saturated carbocycles. The number of benzene rings is 1. The van der Waals surface area contributed by atoms with E-state index in [1.807, 2.05) is 17.5 Å². The molecule has 3 N–H and O–H groups in total. The molecule has 8 heteroatoms. The second-order valence-electron chi connectivity index (χ2n) is 5.87. The van der Waals surface area contributed by atoms with Crippen molar-refractivity contribution in [1.82, 2.24) is 15.1 Å². The lowest BCUT2D eigenvalue weighted by Gasteiger charge is -2.17. The molecule has 0 spiro atoms. The van der Waals surface area contributed by atoms with E-state index in [0.29, 0.717) is 22.0 Å². The molecule has 1 atom stereocenters. The Kier molecular flexibility index (Phi) is 5.70. The average molecular weight is 393 g/mol. The van der Waals surface area contributed by atoms with E-state index in [1.165, 1.54) is 23.5 Å². The number of carbonyl (C=O) groups is 1. The monoisotopic (exact) mass is 392 g/mol. The number of aryl methyl sites for hydroxylation is 1. The Balaban J connectivity index is 1.79. The number of halogens is 2. The Morgan fingerprint density at radius 2 is 2.27 bits per heavy atom. The SMILES string of the molecule is Cn1ncc(Cl)c1-c1ccsc1C(=O)N[C@H](CN)Cc1cccc(F)c1. The second-order valence-corrected chi connectivity index (χ2v) is 7.19. The van der Waals surface area contributed by atoms with Crippen LogP contribution in [0.15, 0.2) is 41.9 Å². The molecular formula is C18H18ClFN4OS. The van der Waals surface area contributed by atoms with Gasteiger partial charge in [0.1, 0.15) is 10.7 Å². The van der Waals surface area contributed by atoms with Crippen LogP contribution in [-0.4, -0.2) is 28.3 Å². The molecule has 1 aromatic carbocycles. The van der Waals surface area contributed by atoms with Crippen molar-refractivity contribution >= 4 is 28.8 Å². The van der Waals surface area contributed by atoms with Crippen LogP contribution in [0.5, 0.6) is 0 Å². The third kappa shape index (κ3) is 3.95. The topological polar surface area (TPSA) is 72.9 Å². The molecule has 3 rings (SSSR count). The molecule has 2 aromatic heterocycles. The van der Waals surface area contributed by atoms with Gasteiger partial charge in [-0.25, -0.2) is 4.39 Å². The van der Waals surface area contributed by atoms with Crippen molar-refractivity contribution in [3.63, 3.8) is 0 Å². The normalized spacial score (nSPS) is 12.2. The van der Waals surface area contributed by atoms with Gasteiger partial charge < -0.3 is 11.1 Å². The predicted molar refractivity (Wildman–Crippen MR) is 102 cm³/mol. The summed E-state index contributed by atoms with van der Waals surface area (Å²) in [5.41, 5.74) is 7.99. The standard InChI is InChI=1S/C18H18ClFN4OS/c1-24-16(15(19)10-22-24)14-5-6-26-17(14)18(25)23-13(9-21)8-11-3-2-4-12(20)7-11/h2-7,10,13H,8-9,21H2,1H3,(H,23,25)/t13-/m0/s1. The van der Waals surface area contributed by atoms with Crippen LogP contribution in [0.3, 0.4) is 0 Å². The Hall–Kier alpha value is -2.22. The van der Waals surface area contributed by atoms with Gasteiger partial charge in [-0.3, -0.25) is 9.48 Å². The first-order valence-corrected chi connectivity index (χ1v) is 9.26. The summed E-state index contributed by atoms with van der Waals surface area (Å²) in [7, 11) is 1.77. The fourth-order valence-electron chi connectivity index (χ4n) is 2.78. The number of amides is 1. The van der Waals surface area contributed by atoms with Gasteiger partial charge >= 0.3 is 0 Å². The van der Waals surface area contributed by atoms with Crippen LogP contribution in [0.4, 0.5) is 4.39 Å². The van der Waals surface area contributed by atoms with Gasteiger partial charge in [-0.15, -0.1) is 11.3 Å². The van der Waals surface area contributed by atoms with Gasteiger partial charge in [0.15, 0.2) is 0 Å². The maximum atomic E-state index is 13.4. The van der Waals surface area contributed by atoms with Gasteiger partial charge in [0, 0.05) is 25.2 Å². The van der Waals surface area contributed by atoms with E-state index in [1.54, 1.807) is 24.0 Å². The van der Waals surface area contributed by atoms with E-state index in [-0.39, 0.29) is 24.3 Å². The van der Waals surface area contributed by atoms with Crippen molar-refractivity contribution in [3.05, 3.63) is 63.2 Å². The van der Waals surface area contributed by atoms with Crippen molar-refractivity contribution in [3.8, 4) is 11.3 Å². The summed E-state index contributed by atoms with van der Waals surface area (Å²) >= 11 is 7.52. The van der Waals surface area contributed by atoms with Gasteiger partial charge in [0.05, 0.1) is 16.9 Å². The minimum Gasteiger partial charge on any atom is -0.347 e. The van der Waals surface area contributed by atoms with Crippen LogP contribution in [0.2, 0.25) is 5.02 Å². The molecule has 1 amide bonds. The Labute approximate surface area is 159 Å². The van der Waals surface area contributed by atoms with E-state index in [4.69, 9.17) is 17.3 Å². The zero-order chi connectivity index (χ0) is 18.7. The van der Waals surface area contributed by atoms with Crippen LogP contribution in [0.1, 0.15) is 15.2 Å². The third-order valence-corrected chi connectivity index (χ3v) is 5.20. The molecule has 26 heavy (non-hydrogen) atoms. The van der Waals surface area contributed by atoms with E-state index < -0.39 is 0 Å². The molecule has 0 unspecified atom stereocenters. The largest absolute Gasteiger partial charge is 0.347 e. The number of nitrogens with zero attached hydrogens (tertiary/aromatic N) is 2. The molecular weight excluding hydrogens is 375 g/mol. The van der Waals surface area contributed by atoms with Gasteiger partial charge in [-0.2, -0.15) is 5.10 Å². The van der Waals surface area contributed by atoms with Crippen LogP contribution < -0.4 is 11.1 Å². The van der Waals surface area contributed by atoms with Crippen LogP contribution in [0.25, 0.3) is 11.3 Å². The summed E-state index contributed by atoms with van der Waals surface area (Å²) in [6.07, 6.45) is 2.00. The van der Waals surface area contributed by atoms with Crippen molar-refractivity contribution in [1.29, 1.82) is 0 Å². The highest BCUT2D eigenvalue weighted by Gasteiger charge is 2.21. The fraction of sp³-hybridized carbons (Fsp3) is 0.222. The third-order valence-electron chi connectivity index (χ3n) is 4.01. The number of hydrogen-bond donors (Lipinski definition) is 2.